The fourth-order valence-electron chi connectivity index (χ4n) is 2.86. The molecule has 1 aliphatic rings. The van der Waals surface area contributed by atoms with Gasteiger partial charge in [-0.2, -0.15) is 0 Å². The first kappa shape index (κ1) is 22.5. The number of carboxylic acid groups (broad SMARTS) is 1. The van der Waals surface area contributed by atoms with E-state index in [0.29, 0.717) is 12.2 Å². The van der Waals surface area contributed by atoms with Crippen LogP contribution in [0.5, 0.6) is 0 Å². The summed E-state index contributed by atoms with van der Waals surface area (Å²) in [5.41, 5.74) is 0.146. The van der Waals surface area contributed by atoms with E-state index in [9.17, 15) is 14.7 Å². The number of carbonyl (C=O) groups is 2. The van der Waals surface area contributed by atoms with Gasteiger partial charge in [0.25, 0.3) is 0 Å². The molecular weight excluding hydrogens is 374 g/mol. The van der Waals surface area contributed by atoms with E-state index in [1.807, 2.05) is 42.5 Å². The molecule has 0 fully saturated rings. The minimum atomic E-state index is -1.13. The van der Waals surface area contributed by atoms with Crippen LogP contribution in [0.1, 0.15) is 32.8 Å². The number of aliphatic carboxylic acids is 1. The predicted octanol–water partition coefficient (Wildman–Crippen LogP) is 3.66. The average molecular weight is 403 g/mol. The lowest BCUT2D eigenvalue weighted by atomic mass is 9.97. The number of allylic oxidation sites excluding steroid dienone is 2. The molecule has 0 spiro atoms. The molecule has 0 saturated carbocycles. The number of carboxylic acids is 1. The van der Waals surface area contributed by atoms with Crippen LogP contribution < -0.4 is 5.32 Å². The molecule has 7 heteroatoms. The molecule has 1 aromatic carbocycles. The van der Waals surface area contributed by atoms with Gasteiger partial charge in [0.05, 0.1) is 7.11 Å². The smallest absolute Gasteiger partial charge is 0.409 e. The fourth-order valence-corrected chi connectivity index (χ4v) is 2.86. The van der Waals surface area contributed by atoms with Crippen molar-refractivity contribution in [3.8, 4) is 0 Å². The Balaban J connectivity index is 2.16. The van der Waals surface area contributed by atoms with Gasteiger partial charge in [-0.25, -0.2) is 9.59 Å². The zero-order valence-corrected chi connectivity index (χ0v) is 17.3. The van der Waals surface area contributed by atoms with Crippen LogP contribution in [0.25, 0.3) is 0 Å². The molecule has 0 aliphatic heterocycles. The topological polar surface area (TPSA) is 94.1 Å². The maximum atomic E-state index is 12.3. The number of methoxy groups -OCH3 is 1. The van der Waals surface area contributed by atoms with Crippen molar-refractivity contribution in [1.82, 2.24) is 5.32 Å². The summed E-state index contributed by atoms with van der Waals surface area (Å²) in [5, 5.41) is 12.3. The summed E-state index contributed by atoms with van der Waals surface area (Å²) in [6.07, 6.45) is 3.51. The van der Waals surface area contributed by atoms with Crippen LogP contribution in [-0.4, -0.2) is 42.2 Å². The SMILES string of the molecule is COC1=CCC(C(NC(=O)OC(C)(C)C)OC(Cc2ccccc2)C(=O)O)C=C1. The van der Waals surface area contributed by atoms with Gasteiger partial charge < -0.3 is 19.3 Å². The van der Waals surface area contributed by atoms with Gasteiger partial charge in [-0.15, -0.1) is 0 Å². The van der Waals surface area contributed by atoms with Crippen molar-refractivity contribution in [2.24, 2.45) is 5.92 Å². The summed E-state index contributed by atoms with van der Waals surface area (Å²) >= 11 is 0. The predicted molar refractivity (Wildman–Crippen MR) is 108 cm³/mol. The van der Waals surface area contributed by atoms with Gasteiger partial charge in [-0.05, 0) is 44.9 Å². The number of carbonyl (C=O) groups excluding carboxylic acids is 1. The molecule has 0 radical (unpaired) electrons. The molecule has 2 rings (SSSR count). The Bertz CT molecular complexity index is 750. The Kier molecular flexibility index (Phi) is 7.84. The Morgan fingerprint density at radius 2 is 1.93 bits per heavy atom. The van der Waals surface area contributed by atoms with Crippen molar-refractivity contribution < 1.29 is 28.9 Å². The average Bonchev–Trinajstić information content (AvgIpc) is 2.66. The zero-order valence-electron chi connectivity index (χ0n) is 17.3. The number of benzene rings is 1. The molecule has 1 amide bonds. The number of amides is 1. The molecule has 0 saturated heterocycles. The van der Waals surface area contributed by atoms with Crippen molar-refractivity contribution in [1.29, 1.82) is 0 Å². The van der Waals surface area contributed by atoms with Crippen molar-refractivity contribution in [2.75, 3.05) is 7.11 Å². The third-order valence-corrected chi connectivity index (χ3v) is 4.23. The van der Waals surface area contributed by atoms with Gasteiger partial charge in [0.15, 0.2) is 6.10 Å². The standard InChI is InChI=1S/C22H29NO6/c1-22(2,3)29-21(26)23-19(16-10-12-17(27-4)13-11-16)28-18(20(24)25)14-15-8-6-5-7-9-15/h5-10,12-13,16,18-19H,11,14H2,1-4H3,(H,23,26)(H,24,25). The van der Waals surface area contributed by atoms with Gasteiger partial charge in [0, 0.05) is 12.3 Å². The highest BCUT2D eigenvalue weighted by Gasteiger charge is 2.31. The number of rotatable bonds is 8. The molecule has 3 unspecified atom stereocenters. The highest BCUT2D eigenvalue weighted by molar-refractivity contribution is 5.73. The van der Waals surface area contributed by atoms with E-state index >= 15 is 0 Å². The van der Waals surface area contributed by atoms with Gasteiger partial charge in [0.1, 0.15) is 17.6 Å². The van der Waals surface area contributed by atoms with Crippen LogP contribution in [0.3, 0.4) is 0 Å². The molecule has 158 valence electrons. The summed E-state index contributed by atoms with van der Waals surface area (Å²) < 4.78 is 16.4. The van der Waals surface area contributed by atoms with E-state index in [1.165, 1.54) is 0 Å². The van der Waals surface area contributed by atoms with E-state index in [4.69, 9.17) is 14.2 Å². The van der Waals surface area contributed by atoms with E-state index in [1.54, 1.807) is 34.0 Å². The number of hydrogen-bond donors (Lipinski definition) is 2. The Hall–Kier alpha value is -2.80. The van der Waals surface area contributed by atoms with E-state index in [0.717, 1.165) is 5.56 Å². The molecule has 1 aliphatic carbocycles. The lowest BCUT2D eigenvalue weighted by Crippen LogP contribution is -2.47. The highest BCUT2D eigenvalue weighted by atomic mass is 16.6. The maximum absolute atomic E-state index is 12.3. The van der Waals surface area contributed by atoms with Gasteiger partial charge in [-0.3, -0.25) is 5.32 Å². The van der Waals surface area contributed by atoms with E-state index in [-0.39, 0.29) is 12.3 Å². The Morgan fingerprint density at radius 1 is 1.24 bits per heavy atom. The van der Waals surface area contributed by atoms with Crippen molar-refractivity contribution in [3.63, 3.8) is 0 Å². The van der Waals surface area contributed by atoms with Gasteiger partial charge >= 0.3 is 12.1 Å². The largest absolute Gasteiger partial charge is 0.497 e. The van der Waals surface area contributed by atoms with Crippen molar-refractivity contribution in [2.45, 2.75) is 51.5 Å². The second-order valence-electron chi connectivity index (χ2n) is 7.79. The summed E-state index contributed by atoms with van der Waals surface area (Å²) in [5.74, 6) is -0.659. The first-order valence-electron chi connectivity index (χ1n) is 9.52. The number of hydrogen-bond acceptors (Lipinski definition) is 5. The van der Waals surface area contributed by atoms with Gasteiger partial charge in [0.2, 0.25) is 0 Å². The quantitative estimate of drug-likeness (QED) is 0.644. The number of alkyl carbamates (subject to hydrolysis) is 1. The Morgan fingerprint density at radius 3 is 2.45 bits per heavy atom. The summed E-state index contributed by atoms with van der Waals surface area (Å²) in [6, 6.07) is 9.21. The number of nitrogens with one attached hydrogen (secondary N) is 1. The fraction of sp³-hybridized carbons (Fsp3) is 0.455. The highest BCUT2D eigenvalue weighted by Crippen LogP contribution is 2.23. The zero-order chi connectivity index (χ0) is 21.4. The van der Waals surface area contributed by atoms with E-state index < -0.39 is 30.0 Å². The third kappa shape index (κ3) is 7.62. The lowest BCUT2D eigenvalue weighted by Gasteiger charge is -2.30. The summed E-state index contributed by atoms with van der Waals surface area (Å²) in [7, 11) is 1.57. The summed E-state index contributed by atoms with van der Waals surface area (Å²) in [4.78, 5) is 24.1. The van der Waals surface area contributed by atoms with Crippen molar-refractivity contribution in [3.05, 3.63) is 59.9 Å². The molecule has 29 heavy (non-hydrogen) atoms. The molecule has 1 aromatic rings. The maximum Gasteiger partial charge on any atom is 0.409 e. The lowest BCUT2D eigenvalue weighted by molar-refractivity contribution is -0.157. The minimum Gasteiger partial charge on any atom is -0.497 e. The van der Waals surface area contributed by atoms with Crippen LogP contribution in [-0.2, 0) is 25.4 Å². The van der Waals surface area contributed by atoms with Crippen molar-refractivity contribution >= 4 is 12.1 Å². The van der Waals surface area contributed by atoms with Crippen LogP contribution in [0.2, 0.25) is 0 Å². The molecule has 0 heterocycles. The number of ether oxygens (including phenoxy) is 3. The molecule has 0 bridgehead atoms. The van der Waals surface area contributed by atoms with E-state index in [2.05, 4.69) is 5.32 Å². The molecule has 3 atom stereocenters. The van der Waals surface area contributed by atoms with Crippen LogP contribution in [0.15, 0.2) is 54.3 Å². The molecule has 7 nitrogen and oxygen atoms in total. The monoisotopic (exact) mass is 403 g/mol. The first-order chi connectivity index (χ1) is 13.7. The third-order valence-electron chi connectivity index (χ3n) is 4.23. The van der Waals surface area contributed by atoms with Gasteiger partial charge in [-0.1, -0.05) is 36.4 Å². The minimum absolute atomic E-state index is 0.179. The second-order valence-corrected chi connectivity index (χ2v) is 7.79. The van der Waals surface area contributed by atoms with Crippen LogP contribution >= 0.6 is 0 Å². The second kappa shape index (κ2) is 10.1. The molecule has 2 N–H and O–H groups in total. The summed E-state index contributed by atoms with van der Waals surface area (Å²) in [6.45, 7) is 5.27. The first-order valence-corrected chi connectivity index (χ1v) is 9.52. The van der Waals surface area contributed by atoms with Crippen LogP contribution in [0, 0.1) is 5.92 Å². The molecular formula is C22H29NO6. The Labute approximate surface area is 171 Å². The molecule has 0 aromatic heterocycles. The normalized spacial score (nSPS) is 18.3. The van der Waals surface area contributed by atoms with Crippen LogP contribution in [0.4, 0.5) is 4.79 Å².